The highest BCUT2D eigenvalue weighted by Gasteiger charge is 2.30. The van der Waals surface area contributed by atoms with Crippen molar-refractivity contribution in [2.45, 2.75) is 19.1 Å². The Morgan fingerprint density at radius 2 is 1.95 bits per heavy atom. The lowest BCUT2D eigenvalue weighted by Crippen LogP contribution is -2.38. The number of rotatable bonds is 3. The third kappa shape index (κ3) is 2.77. The summed E-state index contributed by atoms with van der Waals surface area (Å²) < 4.78 is 11.1. The van der Waals surface area contributed by atoms with Gasteiger partial charge in [0.1, 0.15) is 5.69 Å². The van der Waals surface area contributed by atoms with E-state index in [-0.39, 0.29) is 6.29 Å². The molecule has 0 radical (unpaired) electrons. The molecular weight excluding hydrogens is 244 g/mol. The minimum Gasteiger partial charge on any atom is -0.370 e. The molecule has 2 aliphatic rings. The molecular formula is C14H18N2O3. The second kappa shape index (κ2) is 5.67. The predicted octanol–water partition coefficient (Wildman–Crippen LogP) is 1.48. The summed E-state index contributed by atoms with van der Waals surface area (Å²) in [4.78, 5) is 17.0. The molecule has 5 nitrogen and oxygen atoms in total. The molecule has 3 rings (SSSR count). The SMILES string of the molecule is O=Cc1ccc(N2CCC(C3OCCO3)CC2)cn1. The predicted molar refractivity (Wildman–Crippen MR) is 70.3 cm³/mol. The van der Waals surface area contributed by atoms with E-state index in [0.29, 0.717) is 11.6 Å². The highest BCUT2D eigenvalue weighted by Crippen LogP contribution is 2.28. The smallest absolute Gasteiger partial charge is 0.168 e. The summed E-state index contributed by atoms with van der Waals surface area (Å²) in [6.45, 7) is 3.41. The Hall–Kier alpha value is -1.46. The number of hydrogen-bond donors (Lipinski definition) is 0. The molecule has 2 fully saturated rings. The van der Waals surface area contributed by atoms with Gasteiger partial charge in [-0.05, 0) is 25.0 Å². The average Bonchev–Trinajstić information content (AvgIpc) is 3.02. The zero-order chi connectivity index (χ0) is 13.1. The van der Waals surface area contributed by atoms with Crippen LogP contribution in [-0.2, 0) is 9.47 Å². The van der Waals surface area contributed by atoms with Crippen LogP contribution in [0.3, 0.4) is 0 Å². The molecule has 0 unspecified atom stereocenters. The first-order valence-corrected chi connectivity index (χ1v) is 6.76. The lowest BCUT2D eigenvalue weighted by Gasteiger charge is -2.35. The van der Waals surface area contributed by atoms with E-state index in [1.165, 1.54) is 0 Å². The number of nitrogens with zero attached hydrogens (tertiary/aromatic N) is 2. The number of anilines is 1. The van der Waals surface area contributed by atoms with Crippen molar-refractivity contribution in [2.24, 2.45) is 5.92 Å². The summed E-state index contributed by atoms with van der Waals surface area (Å²) in [6, 6.07) is 3.72. The van der Waals surface area contributed by atoms with Gasteiger partial charge in [0.15, 0.2) is 12.6 Å². The molecule has 2 aliphatic heterocycles. The van der Waals surface area contributed by atoms with Crippen molar-refractivity contribution in [2.75, 3.05) is 31.2 Å². The molecule has 0 aromatic carbocycles. The van der Waals surface area contributed by atoms with Crippen LogP contribution in [0.1, 0.15) is 23.3 Å². The second-order valence-electron chi connectivity index (χ2n) is 4.99. The van der Waals surface area contributed by atoms with Crippen molar-refractivity contribution in [3.05, 3.63) is 24.0 Å². The molecule has 5 heteroatoms. The van der Waals surface area contributed by atoms with E-state index in [1.807, 2.05) is 6.07 Å². The first-order valence-electron chi connectivity index (χ1n) is 6.76. The Labute approximate surface area is 112 Å². The third-order valence-corrected chi connectivity index (χ3v) is 3.83. The van der Waals surface area contributed by atoms with E-state index >= 15 is 0 Å². The van der Waals surface area contributed by atoms with E-state index in [1.54, 1.807) is 12.3 Å². The summed E-state index contributed by atoms with van der Waals surface area (Å²) in [5.41, 5.74) is 1.56. The van der Waals surface area contributed by atoms with Gasteiger partial charge in [0.25, 0.3) is 0 Å². The number of hydrogen-bond acceptors (Lipinski definition) is 5. The van der Waals surface area contributed by atoms with Crippen molar-refractivity contribution < 1.29 is 14.3 Å². The van der Waals surface area contributed by atoms with Crippen molar-refractivity contribution in [3.63, 3.8) is 0 Å². The zero-order valence-electron chi connectivity index (χ0n) is 10.8. The van der Waals surface area contributed by atoms with Crippen molar-refractivity contribution in [1.82, 2.24) is 4.98 Å². The Morgan fingerprint density at radius 1 is 1.21 bits per heavy atom. The molecule has 3 heterocycles. The molecule has 19 heavy (non-hydrogen) atoms. The van der Waals surface area contributed by atoms with Crippen molar-refractivity contribution >= 4 is 12.0 Å². The van der Waals surface area contributed by atoms with Gasteiger partial charge in [0.05, 0.1) is 25.1 Å². The molecule has 102 valence electrons. The van der Waals surface area contributed by atoms with Gasteiger partial charge in [-0.15, -0.1) is 0 Å². The van der Waals surface area contributed by atoms with Gasteiger partial charge in [-0.3, -0.25) is 9.78 Å². The van der Waals surface area contributed by atoms with Crippen LogP contribution in [0, 0.1) is 5.92 Å². The summed E-state index contributed by atoms with van der Waals surface area (Å²) in [7, 11) is 0. The Morgan fingerprint density at radius 3 is 2.53 bits per heavy atom. The number of pyridine rings is 1. The molecule has 0 amide bonds. The number of carbonyl (C=O) groups is 1. The van der Waals surface area contributed by atoms with Gasteiger partial charge in [0.2, 0.25) is 0 Å². The Kier molecular flexibility index (Phi) is 3.75. The number of piperidine rings is 1. The Bertz CT molecular complexity index is 421. The first-order chi connectivity index (χ1) is 9.36. The van der Waals surface area contributed by atoms with Crippen LogP contribution in [0.4, 0.5) is 5.69 Å². The van der Waals surface area contributed by atoms with Crippen LogP contribution in [0.25, 0.3) is 0 Å². The van der Waals surface area contributed by atoms with Crippen LogP contribution in [0.5, 0.6) is 0 Å². The van der Waals surface area contributed by atoms with E-state index in [9.17, 15) is 4.79 Å². The molecule has 0 N–H and O–H groups in total. The maximum Gasteiger partial charge on any atom is 0.168 e. The molecule has 2 saturated heterocycles. The topological polar surface area (TPSA) is 51.7 Å². The standard InChI is InChI=1S/C14H18N2O3/c17-10-12-1-2-13(9-15-12)16-5-3-11(4-6-16)14-18-7-8-19-14/h1-2,9-11,14H,3-8H2. The fourth-order valence-electron chi connectivity index (χ4n) is 2.73. The van der Waals surface area contributed by atoms with Crippen LogP contribution >= 0.6 is 0 Å². The van der Waals surface area contributed by atoms with Gasteiger partial charge >= 0.3 is 0 Å². The van der Waals surface area contributed by atoms with Gasteiger partial charge in [-0.2, -0.15) is 0 Å². The zero-order valence-corrected chi connectivity index (χ0v) is 10.8. The quantitative estimate of drug-likeness (QED) is 0.772. The normalized spacial score (nSPS) is 21.8. The number of aldehydes is 1. The maximum absolute atomic E-state index is 10.6. The minimum absolute atomic E-state index is 0.00212. The molecule has 0 aliphatic carbocycles. The minimum atomic E-state index is -0.00212. The largest absolute Gasteiger partial charge is 0.370 e. The summed E-state index contributed by atoms with van der Waals surface area (Å²) in [5.74, 6) is 0.501. The molecule has 0 saturated carbocycles. The number of ether oxygens (including phenoxy) is 2. The lowest BCUT2D eigenvalue weighted by atomic mass is 9.96. The van der Waals surface area contributed by atoms with Crippen LogP contribution < -0.4 is 4.90 Å². The van der Waals surface area contributed by atoms with Crippen LogP contribution in [0.2, 0.25) is 0 Å². The van der Waals surface area contributed by atoms with E-state index in [2.05, 4.69) is 9.88 Å². The summed E-state index contributed by atoms with van der Waals surface area (Å²) in [5, 5.41) is 0. The highest BCUT2D eigenvalue weighted by molar-refractivity contribution is 5.72. The van der Waals surface area contributed by atoms with Gasteiger partial charge in [0, 0.05) is 19.0 Å². The van der Waals surface area contributed by atoms with Crippen LogP contribution in [0.15, 0.2) is 18.3 Å². The lowest BCUT2D eigenvalue weighted by molar-refractivity contribution is -0.0889. The van der Waals surface area contributed by atoms with Gasteiger partial charge in [-0.25, -0.2) is 0 Å². The molecule has 1 aromatic heterocycles. The fraction of sp³-hybridized carbons (Fsp3) is 0.571. The molecule has 0 spiro atoms. The van der Waals surface area contributed by atoms with Crippen molar-refractivity contribution in [3.8, 4) is 0 Å². The first kappa shape index (κ1) is 12.6. The maximum atomic E-state index is 10.6. The van der Waals surface area contributed by atoms with E-state index in [4.69, 9.17) is 9.47 Å². The molecule has 0 atom stereocenters. The van der Waals surface area contributed by atoms with Crippen molar-refractivity contribution in [1.29, 1.82) is 0 Å². The van der Waals surface area contributed by atoms with E-state index < -0.39 is 0 Å². The fourth-order valence-corrected chi connectivity index (χ4v) is 2.73. The van der Waals surface area contributed by atoms with E-state index in [0.717, 1.165) is 51.1 Å². The molecule has 0 bridgehead atoms. The Balaban J connectivity index is 1.58. The molecule has 1 aromatic rings. The second-order valence-corrected chi connectivity index (χ2v) is 4.99. The monoisotopic (exact) mass is 262 g/mol. The summed E-state index contributed by atoms with van der Waals surface area (Å²) in [6.07, 6.45) is 4.68. The van der Waals surface area contributed by atoms with Gasteiger partial charge in [-0.1, -0.05) is 0 Å². The third-order valence-electron chi connectivity index (χ3n) is 3.83. The summed E-state index contributed by atoms with van der Waals surface area (Å²) >= 11 is 0. The average molecular weight is 262 g/mol. The van der Waals surface area contributed by atoms with Gasteiger partial charge < -0.3 is 14.4 Å². The van der Waals surface area contributed by atoms with Crippen LogP contribution in [-0.4, -0.2) is 43.9 Å². The number of aromatic nitrogens is 1. The highest BCUT2D eigenvalue weighted by atomic mass is 16.7. The number of carbonyl (C=O) groups excluding carboxylic acids is 1.